The Morgan fingerprint density at radius 1 is 1.50 bits per heavy atom. The minimum Gasteiger partial charge on any atom is -0.369 e. The molecule has 1 saturated carbocycles. The molecule has 2 amide bonds. The summed E-state index contributed by atoms with van der Waals surface area (Å²) in [5.41, 5.74) is 3.30. The molecule has 5 heteroatoms. The van der Waals surface area contributed by atoms with Gasteiger partial charge in [0.2, 0.25) is 0 Å². The summed E-state index contributed by atoms with van der Waals surface area (Å²) in [5.74, 6) is 0. The fourth-order valence-electron chi connectivity index (χ4n) is 0.833. The van der Waals surface area contributed by atoms with Gasteiger partial charge in [-0.1, -0.05) is 0 Å². The van der Waals surface area contributed by atoms with Gasteiger partial charge in [0.25, 0.3) is 0 Å². The highest BCUT2D eigenvalue weighted by atomic mass is 16.5. The van der Waals surface area contributed by atoms with Crippen LogP contribution in [0.4, 0.5) is 4.79 Å². The fourth-order valence-corrected chi connectivity index (χ4v) is 0.833. The lowest BCUT2D eigenvalue weighted by molar-refractivity contribution is 0.158. The van der Waals surface area contributed by atoms with Crippen molar-refractivity contribution in [3.63, 3.8) is 0 Å². The maximum absolute atomic E-state index is 11.0. The first-order valence-corrected chi connectivity index (χ1v) is 4.04. The lowest BCUT2D eigenvalue weighted by Gasteiger charge is -2.15. The van der Waals surface area contributed by atoms with E-state index in [2.05, 4.69) is 15.8 Å². The van der Waals surface area contributed by atoms with E-state index < -0.39 is 0 Å². The van der Waals surface area contributed by atoms with Gasteiger partial charge in [0.1, 0.15) is 0 Å². The quantitative estimate of drug-likeness (QED) is 0.564. The number of urea groups is 1. The summed E-state index contributed by atoms with van der Waals surface area (Å²) in [4.78, 5) is 11.0. The molecule has 5 nitrogen and oxygen atoms in total. The Labute approximate surface area is 70.2 Å². The predicted molar refractivity (Wildman–Crippen MR) is 42.9 cm³/mol. The summed E-state index contributed by atoms with van der Waals surface area (Å²) in [7, 11) is 0. The van der Waals surface area contributed by atoms with Gasteiger partial charge in [-0.15, -0.1) is 0 Å². The second-order valence-electron chi connectivity index (χ2n) is 3.03. The Balaban J connectivity index is 1.67. The van der Waals surface area contributed by atoms with Gasteiger partial charge >= 0.3 is 6.03 Å². The molecule has 1 aliphatic carbocycles. The van der Waals surface area contributed by atoms with E-state index in [9.17, 15) is 4.79 Å². The average Bonchev–Trinajstić information content (AvgIpc) is 2.68. The van der Waals surface area contributed by atoms with Gasteiger partial charge in [0.05, 0.1) is 18.9 Å². The molecule has 0 spiro atoms. The minimum absolute atomic E-state index is 0.211. The standard InChI is InChI=1S/C7H11N3O2/c11-7(8-5-1-2-5)10-9-6-3-12-4-6/h5H,1-4H2,(H2,8,10,11). The molecule has 2 N–H and O–H groups in total. The Kier molecular flexibility index (Phi) is 1.95. The number of ether oxygens (including phenoxy) is 1. The van der Waals surface area contributed by atoms with E-state index in [1.807, 2.05) is 0 Å². The zero-order valence-electron chi connectivity index (χ0n) is 6.67. The molecular formula is C7H11N3O2. The van der Waals surface area contributed by atoms with Gasteiger partial charge in [-0.05, 0) is 12.8 Å². The molecule has 66 valence electrons. The first-order chi connectivity index (χ1) is 5.84. The molecule has 2 fully saturated rings. The molecule has 1 heterocycles. The van der Waals surface area contributed by atoms with Crippen molar-refractivity contribution in [2.75, 3.05) is 13.2 Å². The van der Waals surface area contributed by atoms with Crippen LogP contribution in [0.5, 0.6) is 0 Å². The van der Waals surface area contributed by atoms with E-state index in [1.54, 1.807) is 0 Å². The zero-order valence-corrected chi connectivity index (χ0v) is 6.67. The van der Waals surface area contributed by atoms with Gasteiger partial charge in [-0.25, -0.2) is 10.2 Å². The summed E-state index contributed by atoms with van der Waals surface area (Å²) in [5, 5.41) is 6.60. The molecular weight excluding hydrogens is 158 g/mol. The van der Waals surface area contributed by atoms with E-state index in [0.29, 0.717) is 19.3 Å². The highest BCUT2D eigenvalue weighted by Crippen LogP contribution is 2.18. The summed E-state index contributed by atoms with van der Waals surface area (Å²) in [6, 6.07) is 0.166. The number of carbonyl (C=O) groups excluding carboxylic acids is 1. The average molecular weight is 169 g/mol. The van der Waals surface area contributed by atoms with E-state index in [-0.39, 0.29) is 6.03 Å². The van der Waals surface area contributed by atoms with Crippen molar-refractivity contribution in [3.8, 4) is 0 Å². The lowest BCUT2D eigenvalue weighted by Crippen LogP contribution is -2.37. The third-order valence-corrected chi connectivity index (χ3v) is 1.77. The molecule has 12 heavy (non-hydrogen) atoms. The number of carbonyl (C=O) groups is 1. The van der Waals surface area contributed by atoms with Crippen LogP contribution in [-0.4, -0.2) is 31.0 Å². The monoisotopic (exact) mass is 169 g/mol. The molecule has 0 bridgehead atoms. The first kappa shape index (κ1) is 7.54. The van der Waals surface area contributed by atoms with Crippen molar-refractivity contribution < 1.29 is 9.53 Å². The third kappa shape index (κ3) is 1.94. The van der Waals surface area contributed by atoms with Crippen LogP contribution in [0.25, 0.3) is 0 Å². The molecule has 2 aliphatic rings. The second-order valence-corrected chi connectivity index (χ2v) is 3.03. The number of nitrogens with one attached hydrogen (secondary N) is 2. The maximum atomic E-state index is 11.0. The van der Waals surface area contributed by atoms with Gasteiger partial charge in [0.15, 0.2) is 0 Å². The smallest absolute Gasteiger partial charge is 0.335 e. The van der Waals surface area contributed by atoms with Gasteiger partial charge in [0, 0.05) is 6.04 Å². The van der Waals surface area contributed by atoms with Crippen LogP contribution >= 0.6 is 0 Å². The third-order valence-electron chi connectivity index (χ3n) is 1.77. The van der Waals surface area contributed by atoms with Crippen molar-refractivity contribution in [3.05, 3.63) is 0 Å². The van der Waals surface area contributed by atoms with Crippen molar-refractivity contribution in [2.24, 2.45) is 5.10 Å². The summed E-state index contributed by atoms with van der Waals surface area (Å²) >= 11 is 0. The molecule has 0 radical (unpaired) electrons. The first-order valence-electron chi connectivity index (χ1n) is 4.04. The zero-order chi connectivity index (χ0) is 8.39. The Bertz CT molecular complexity index is 217. The molecule has 0 atom stereocenters. The van der Waals surface area contributed by atoms with Gasteiger partial charge in [-0.3, -0.25) is 0 Å². The number of nitrogens with zero attached hydrogens (tertiary/aromatic N) is 1. The number of hydrogen-bond donors (Lipinski definition) is 2. The van der Waals surface area contributed by atoms with Gasteiger partial charge in [-0.2, -0.15) is 5.10 Å². The number of hydrogen-bond acceptors (Lipinski definition) is 3. The molecule has 0 aromatic heterocycles. The molecule has 0 unspecified atom stereocenters. The molecule has 0 aromatic rings. The fraction of sp³-hybridized carbons (Fsp3) is 0.714. The summed E-state index contributed by atoms with van der Waals surface area (Å²) in [6.45, 7) is 1.09. The van der Waals surface area contributed by atoms with Crippen LogP contribution in [-0.2, 0) is 4.74 Å². The topological polar surface area (TPSA) is 62.7 Å². The number of amides is 2. The van der Waals surface area contributed by atoms with Crippen LogP contribution in [0.3, 0.4) is 0 Å². The highest BCUT2D eigenvalue weighted by Gasteiger charge is 2.23. The Hall–Kier alpha value is -1.10. The largest absolute Gasteiger partial charge is 0.369 e. The van der Waals surface area contributed by atoms with Crippen LogP contribution in [0, 0.1) is 0 Å². The molecule has 2 rings (SSSR count). The lowest BCUT2D eigenvalue weighted by atomic mass is 10.3. The Morgan fingerprint density at radius 2 is 2.25 bits per heavy atom. The van der Waals surface area contributed by atoms with Crippen LogP contribution < -0.4 is 10.7 Å². The van der Waals surface area contributed by atoms with Crippen molar-refractivity contribution >= 4 is 11.7 Å². The highest BCUT2D eigenvalue weighted by molar-refractivity contribution is 5.91. The maximum Gasteiger partial charge on any atom is 0.335 e. The van der Waals surface area contributed by atoms with Gasteiger partial charge < -0.3 is 10.1 Å². The van der Waals surface area contributed by atoms with Crippen molar-refractivity contribution in [2.45, 2.75) is 18.9 Å². The van der Waals surface area contributed by atoms with E-state index in [1.165, 1.54) is 0 Å². The van der Waals surface area contributed by atoms with E-state index >= 15 is 0 Å². The minimum atomic E-state index is -0.211. The summed E-state index contributed by atoms with van der Waals surface area (Å²) in [6.07, 6.45) is 2.18. The second kappa shape index (κ2) is 3.10. The number of hydrazone groups is 1. The normalized spacial score (nSPS) is 21.2. The Morgan fingerprint density at radius 3 is 2.75 bits per heavy atom. The van der Waals surface area contributed by atoms with E-state index in [4.69, 9.17) is 4.74 Å². The van der Waals surface area contributed by atoms with Crippen LogP contribution in [0.2, 0.25) is 0 Å². The molecule has 1 aliphatic heterocycles. The van der Waals surface area contributed by atoms with Crippen molar-refractivity contribution in [1.82, 2.24) is 10.7 Å². The predicted octanol–water partition coefficient (Wildman–Crippen LogP) is -0.166. The SMILES string of the molecule is O=C(NN=C1COC1)NC1CC1. The van der Waals surface area contributed by atoms with Crippen molar-refractivity contribution in [1.29, 1.82) is 0 Å². The number of rotatable bonds is 2. The summed E-state index contributed by atoms with van der Waals surface area (Å²) < 4.78 is 4.86. The van der Waals surface area contributed by atoms with Crippen LogP contribution in [0.1, 0.15) is 12.8 Å². The van der Waals surface area contributed by atoms with E-state index in [0.717, 1.165) is 18.6 Å². The van der Waals surface area contributed by atoms with Crippen LogP contribution in [0.15, 0.2) is 5.10 Å². The molecule has 0 aromatic carbocycles. The molecule has 1 saturated heterocycles.